The fourth-order valence-electron chi connectivity index (χ4n) is 5.13. The Morgan fingerprint density at radius 3 is 2.39 bits per heavy atom. The molecular weight excluding hydrogens is 495 g/mol. The first-order valence-electron chi connectivity index (χ1n) is 11.3. The number of aryl methyl sites for hydroxylation is 1. The summed E-state index contributed by atoms with van der Waals surface area (Å²) in [7, 11) is -2.12. The van der Waals surface area contributed by atoms with Gasteiger partial charge in [-0.3, -0.25) is 10.2 Å². The Morgan fingerprint density at radius 2 is 1.72 bits per heavy atom. The quantitative estimate of drug-likeness (QED) is 0.572. The smallest absolute Gasteiger partial charge is 0.339 e. The van der Waals surface area contributed by atoms with E-state index in [1.54, 1.807) is 16.6 Å². The van der Waals surface area contributed by atoms with Crippen molar-refractivity contribution in [2.24, 2.45) is 7.05 Å². The first-order chi connectivity index (χ1) is 17.0. The average Bonchev–Trinajstić information content (AvgIpc) is 3.41. The molecule has 1 saturated heterocycles. The van der Waals surface area contributed by atoms with E-state index in [9.17, 15) is 26.4 Å². The Kier molecular flexibility index (Phi) is 5.92. The van der Waals surface area contributed by atoms with Gasteiger partial charge in [-0.1, -0.05) is 36.4 Å². The molecule has 2 aromatic carbocycles. The SMILES string of the molecule is Cn1cnc(S(=O)(=O)N2CCC3(CC2)c2ccccc2CN3NC(=O)c2ccccc2C(F)(F)F)c1. The molecule has 2 aliphatic heterocycles. The number of hydrogen-bond acceptors (Lipinski definition) is 5. The number of benzene rings is 2. The van der Waals surface area contributed by atoms with Crippen LogP contribution in [0.25, 0.3) is 0 Å². The molecule has 0 radical (unpaired) electrons. The number of piperidine rings is 1. The van der Waals surface area contributed by atoms with Gasteiger partial charge in [-0.2, -0.15) is 17.5 Å². The molecule has 1 amide bonds. The molecule has 0 bridgehead atoms. The minimum absolute atomic E-state index is 0.0401. The molecule has 0 aliphatic carbocycles. The van der Waals surface area contributed by atoms with Gasteiger partial charge in [0.2, 0.25) is 0 Å². The van der Waals surface area contributed by atoms with Crippen LogP contribution in [0, 0.1) is 0 Å². The van der Waals surface area contributed by atoms with Gasteiger partial charge >= 0.3 is 6.18 Å². The van der Waals surface area contributed by atoms with E-state index < -0.39 is 38.8 Å². The summed E-state index contributed by atoms with van der Waals surface area (Å²) in [5.41, 5.74) is 2.35. The molecule has 36 heavy (non-hydrogen) atoms. The maximum absolute atomic E-state index is 13.5. The first kappa shape index (κ1) is 24.5. The number of halogens is 3. The molecule has 0 atom stereocenters. The molecule has 3 aromatic rings. The molecule has 0 unspecified atom stereocenters. The highest BCUT2D eigenvalue weighted by Gasteiger charge is 2.49. The molecular formula is C24H24F3N5O3S. The third kappa shape index (κ3) is 4.08. The standard InChI is InChI=1S/C24H24F3N5O3S/c1-30-15-21(28-16-30)36(34,35)31-12-10-23(11-13-31)19-8-4-2-6-17(19)14-32(23)29-22(33)18-7-3-5-9-20(18)24(25,26)27/h2-9,15-16H,10-14H2,1H3,(H,29,33). The van der Waals surface area contributed by atoms with Crippen LogP contribution < -0.4 is 5.43 Å². The van der Waals surface area contributed by atoms with Gasteiger partial charge in [0, 0.05) is 32.9 Å². The second kappa shape index (κ2) is 8.71. The van der Waals surface area contributed by atoms with E-state index >= 15 is 0 Å². The Labute approximate surface area is 206 Å². The molecule has 0 saturated carbocycles. The van der Waals surface area contributed by atoms with Crippen LogP contribution in [-0.4, -0.2) is 46.3 Å². The van der Waals surface area contributed by atoms with Gasteiger partial charge in [0.05, 0.1) is 23.0 Å². The number of hydrazine groups is 1. The van der Waals surface area contributed by atoms with E-state index in [0.29, 0.717) is 19.4 Å². The third-order valence-electron chi connectivity index (χ3n) is 6.91. The van der Waals surface area contributed by atoms with Crippen molar-refractivity contribution in [2.75, 3.05) is 13.1 Å². The van der Waals surface area contributed by atoms with Gasteiger partial charge < -0.3 is 4.57 Å². The Bertz CT molecular complexity index is 1410. The second-order valence-electron chi connectivity index (χ2n) is 9.04. The van der Waals surface area contributed by atoms with Gasteiger partial charge in [0.25, 0.3) is 15.9 Å². The number of nitrogens with one attached hydrogen (secondary N) is 1. The normalized spacial score (nSPS) is 18.3. The molecule has 190 valence electrons. The lowest BCUT2D eigenvalue weighted by atomic mass is 9.82. The van der Waals surface area contributed by atoms with Crippen LogP contribution in [0.3, 0.4) is 0 Å². The molecule has 2 aliphatic rings. The lowest BCUT2D eigenvalue weighted by Crippen LogP contribution is -2.56. The number of alkyl halides is 3. The van der Waals surface area contributed by atoms with Crippen molar-refractivity contribution in [3.05, 3.63) is 83.3 Å². The van der Waals surface area contributed by atoms with Crippen molar-refractivity contribution in [1.82, 2.24) is 24.3 Å². The molecule has 1 aromatic heterocycles. The van der Waals surface area contributed by atoms with E-state index in [4.69, 9.17) is 0 Å². The lowest BCUT2D eigenvalue weighted by Gasteiger charge is -2.44. The summed E-state index contributed by atoms with van der Waals surface area (Å²) in [6.45, 7) is 0.626. The number of sulfonamides is 1. The number of imidazole rings is 1. The highest BCUT2D eigenvalue weighted by Crippen LogP contribution is 2.46. The minimum atomic E-state index is -4.68. The van der Waals surface area contributed by atoms with Gasteiger partial charge in [0.15, 0.2) is 5.03 Å². The zero-order valence-electron chi connectivity index (χ0n) is 19.4. The monoisotopic (exact) mass is 519 g/mol. The number of carbonyl (C=O) groups is 1. The van der Waals surface area contributed by atoms with Crippen LogP contribution in [0.1, 0.15) is 39.9 Å². The molecule has 1 spiro atoms. The fourth-order valence-corrected chi connectivity index (χ4v) is 6.53. The Hall–Kier alpha value is -3.22. The average molecular weight is 520 g/mol. The summed E-state index contributed by atoms with van der Waals surface area (Å²) in [6.07, 6.45) is -1.13. The molecule has 5 rings (SSSR count). The highest BCUT2D eigenvalue weighted by molar-refractivity contribution is 7.89. The van der Waals surface area contributed by atoms with E-state index in [1.807, 2.05) is 24.3 Å². The zero-order valence-corrected chi connectivity index (χ0v) is 20.2. The highest BCUT2D eigenvalue weighted by atomic mass is 32.2. The number of rotatable bonds is 4. The Balaban J connectivity index is 1.43. The van der Waals surface area contributed by atoms with Crippen molar-refractivity contribution in [3.8, 4) is 0 Å². The Morgan fingerprint density at radius 1 is 1.06 bits per heavy atom. The minimum Gasteiger partial charge on any atom is -0.339 e. The zero-order chi connectivity index (χ0) is 25.7. The number of hydrogen-bond donors (Lipinski definition) is 1. The summed E-state index contributed by atoms with van der Waals surface area (Å²) in [6, 6.07) is 12.2. The van der Waals surface area contributed by atoms with Crippen molar-refractivity contribution in [1.29, 1.82) is 0 Å². The third-order valence-corrected chi connectivity index (χ3v) is 8.70. The molecule has 8 nitrogen and oxygen atoms in total. The summed E-state index contributed by atoms with van der Waals surface area (Å²) >= 11 is 0. The predicted octanol–water partition coefficient (Wildman–Crippen LogP) is 3.28. The molecule has 1 fully saturated rings. The first-order valence-corrected chi connectivity index (χ1v) is 12.8. The fraction of sp³-hybridized carbons (Fsp3) is 0.333. The van der Waals surface area contributed by atoms with Crippen molar-refractivity contribution in [2.45, 2.75) is 36.1 Å². The molecule has 12 heteroatoms. The van der Waals surface area contributed by atoms with Crippen LogP contribution in [0.15, 0.2) is 66.1 Å². The summed E-state index contributed by atoms with van der Waals surface area (Å²) in [4.78, 5) is 17.1. The number of fused-ring (bicyclic) bond motifs is 2. The number of nitrogens with zero attached hydrogens (tertiary/aromatic N) is 4. The van der Waals surface area contributed by atoms with Crippen LogP contribution >= 0.6 is 0 Å². The van der Waals surface area contributed by atoms with E-state index in [1.165, 1.54) is 29.0 Å². The van der Waals surface area contributed by atoms with Crippen molar-refractivity contribution >= 4 is 15.9 Å². The molecule has 3 heterocycles. The van der Waals surface area contributed by atoms with Crippen molar-refractivity contribution < 1.29 is 26.4 Å². The van der Waals surface area contributed by atoms with Crippen molar-refractivity contribution in [3.63, 3.8) is 0 Å². The van der Waals surface area contributed by atoms with Gasteiger partial charge in [0.1, 0.15) is 0 Å². The number of aromatic nitrogens is 2. The maximum Gasteiger partial charge on any atom is 0.417 e. The predicted molar refractivity (Wildman–Crippen MR) is 124 cm³/mol. The van der Waals surface area contributed by atoms with Crippen LogP contribution in [0.4, 0.5) is 13.2 Å². The van der Waals surface area contributed by atoms with E-state index in [2.05, 4.69) is 10.4 Å². The summed E-state index contributed by atoms with van der Waals surface area (Å²) < 4.78 is 69.6. The summed E-state index contributed by atoms with van der Waals surface area (Å²) in [5, 5.41) is 1.62. The second-order valence-corrected chi connectivity index (χ2v) is 10.9. The number of amides is 1. The van der Waals surface area contributed by atoms with E-state index in [-0.39, 0.29) is 18.1 Å². The van der Waals surface area contributed by atoms with Crippen LogP contribution in [0.2, 0.25) is 0 Å². The maximum atomic E-state index is 13.5. The lowest BCUT2D eigenvalue weighted by molar-refractivity contribution is -0.138. The van der Waals surface area contributed by atoms with Crippen LogP contribution in [-0.2, 0) is 35.3 Å². The summed E-state index contributed by atoms with van der Waals surface area (Å²) in [5.74, 6) is -0.862. The van der Waals surface area contributed by atoms with Gasteiger partial charge in [-0.15, -0.1) is 0 Å². The number of carbonyl (C=O) groups excluding carboxylic acids is 1. The largest absolute Gasteiger partial charge is 0.417 e. The van der Waals surface area contributed by atoms with Gasteiger partial charge in [-0.05, 0) is 36.1 Å². The van der Waals surface area contributed by atoms with Crippen LogP contribution in [0.5, 0.6) is 0 Å². The topological polar surface area (TPSA) is 87.5 Å². The van der Waals surface area contributed by atoms with Gasteiger partial charge in [-0.25, -0.2) is 18.4 Å². The van der Waals surface area contributed by atoms with E-state index in [0.717, 1.165) is 23.3 Å². The molecule has 1 N–H and O–H groups in total.